The summed E-state index contributed by atoms with van der Waals surface area (Å²) in [5.41, 5.74) is 4.21. The van der Waals surface area contributed by atoms with Gasteiger partial charge in [0.25, 0.3) is 0 Å². The van der Waals surface area contributed by atoms with Crippen molar-refractivity contribution in [2.75, 3.05) is 5.32 Å². The Hall–Kier alpha value is -3.18. The van der Waals surface area contributed by atoms with Crippen LogP contribution in [0.4, 0.5) is 5.13 Å². The van der Waals surface area contributed by atoms with Crippen LogP contribution in [0.15, 0.2) is 65.1 Å². The average Bonchev–Trinajstić information content (AvgIpc) is 3.32. The van der Waals surface area contributed by atoms with Crippen molar-refractivity contribution < 1.29 is 9.21 Å². The molecule has 2 aromatic carbocycles. The highest BCUT2D eigenvalue weighted by Crippen LogP contribution is 2.30. The molecular formula is C22H18N2O2S. The highest BCUT2D eigenvalue weighted by atomic mass is 32.1. The predicted octanol–water partition coefficient (Wildman–Crippen LogP) is 5.83. The van der Waals surface area contributed by atoms with E-state index in [0.29, 0.717) is 10.9 Å². The molecule has 0 aliphatic heterocycles. The number of hydrogen-bond acceptors (Lipinski definition) is 4. The number of aromatic nitrogens is 1. The maximum atomic E-state index is 12.2. The summed E-state index contributed by atoms with van der Waals surface area (Å²) >= 11 is 1.49. The number of carbonyl (C=O) groups is 1. The van der Waals surface area contributed by atoms with Crippen LogP contribution in [0.5, 0.6) is 0 Å². The van der Waals surface area contributed by atoms with E-state index in [0.717, 1.165) is 32.7 Å². The fraction of sp³-hybridized carbons (Fsp3) is 0.0909. The monoisotopic (exact) mass is 374 g/mol. The fourth-order valence-electron chi connectivity index (χ4n) is 2.82. The maximum Gasteiger partial charge on any atom is 0.250 e. The number of amides is 1. The zero-order valence-corrected chi connectivity index (χ0v) is 15.8. The molecule has 4 aromatic rings. The summed E-state index contributed by atoms with van der Waals surface area (Å²) in [6.45, 7) is 4.07. The van der Waals surface area contributed by atoms with E-state index in [1.807, 2.05) is 62.4 Å². The summed E-state index contributed by atoms with van der Waals surface area (Å²) in [4.78, 5) is 16.8. The standard InChI is InChI=1S/C22H18N2O2S/c1-14-8-9-15(2)21-20(14)24-22(27-21)23-19(25)13-11-17-10-12-18(26-17)16-6-4-3-5-7-16/h3-13H,1-2H3,(H,23,24,25)/b13-11+. The Morgan fingerprint density at radius 3 is 2.59 bits per heavy atom. The van der Waals surface area contributed by atoms with Crippen LogP contribution in [-0.2, 0) is 4.79 Å². The normalized spacial score (nSPS) is 11.3. The molecule has 1 amide bonds. The van der Waals surface area contributed by atoms with E-state index in [1.165, 1.54) is 17.4 Å². The SMILES string of the molecule is Cc1ccc(C)c2sc(NC(=O)/C=C/c3ccc(-c4ccccc4)o3)nc12. The minimum absolute atomic E-state index is 0.234. The third-order valence-corrected chi connectivity index (χ3v) is 5.36. The summed E-state index contributed by atoms with van der Waals surface area (Å²) in [5.74, 6) is 1.16. The van der Waals surface area contributed by atoms with Gasteiger partial charge in [-0.2, -0.15) is 0 Å². The molecule has 5 heteroatoms. The summed E-state index contributed by atoms with van der Waals surface area (Å²) in [6, 6.07) is 17.7. The van der Waals surface area contributed by atoms with Gasteiger partial charge in [-0.3, -0.25) is 10.1 Å². The molecular weight excluding hydrogens is 356 g/mol. The Balaban J connectivity index is 1.48. The highest BCUT2D eigenvalue weighted by molar-refractivity contribution is 7.22. The van der Waals surface area contributed by atoms with Crippen molar-refractivity contribution in [3.05, 3.63) is 77.6 Å². The first-order valence-electron chi connectivity index (χ1n) is 8.61. The summed E-state index contributed by atoms with van der Waals surface area (Å²) in [5, 5.41) is 3.43. The number of carbonyl (C=O) groups excluding carboxylic acids is 1. The van der Waals surface area contributed by atoms with Crippen molar-refractivity contribution >= 4 is 38.7 Å². The van der Waals surface area contributed by atoms with E-state index >= 15 is 0 Å². The van der Waals surface area contributed by atoms with Gasteiger partial charge in [0, 0.05) is 11.6 Å². The number of benzene rings is 2. The van der Waals surface area contributed by atoms with Crippen LogP contribution in [0.25, 0.3) is 27.6 Å². The molecule has 0 fully saturated rings. The number of nitrogens with one attached hydrogen (secondary N) is 1. The topological polar surface area (TPSA) is 55.1 Å². The van der Waals surface area contributed by atoms with Crippen LogP contribution in [-0.4, -0.2) is 10.9 Å². The lowest BCUT2D eigenvalue weighted by Gasteiger charge is -1.96. The van der Waals surface area contributed by atoms with E-state index in [1.54, 1.807) is 6.08 Å². The van der Waals surface area contributed by atoms with Crippen LogP contribution >= 0.6 is 11.3 Å². The molecule has 0 radical (unpaired) electrons. The van der Waals surface area contributed by atoms with Crippen LogP contribution in [0.2, 0.25) is 0 Å². The molecule has 0 bridgehead atoms. The minimum atomic E-state index is -0.234. The van der Waals surface area contributed by atoms with E-state index < -0.39 is 0 Å². The van der Waals surface area contributed by atoms with Crippen molar-refractivity contribution in [1.82, 2.24) is 4.98 Å². The quantitative estimate of drug-likeness (QED) is 0.458. The highest BCUT2D eigenvalue weighted by Gasteiger charge is 2.10. The van der Waals surface area contributed by atoms with Crippen molar-refractivity contribution in [1.29, 1.82) is 0 Å². The zero-order chi connectivity index (χ0) is 18.8. The lowest BCUT2D eigenvalue weighted by Crippen LogP contribution is -2.07. The molecule has 2 aromatic heterocycles. The van der Waals surface area contributed by atoms with Gasteiger partial charge < -0.3 is 4.42 Å². The number of nitrogens with zero attached hydrogens (tertiary/aromatic N) is 1. The van der Waals surface area contributed by atoms with Crippen LogP contribution < -0.4 is 5.32 Å². The lowest BCUT2D eigenvalue weighted by atomic mass is 10.1. The van der Waals surface area contributed by atoms with Crippen molar-refractivity contribution in [2.45, 2.75) is 13.8 Å². The van der Waals surface area contributed by atoms with Gasteiger partial charge in [0.05, 0.1) is 10.2 Å². The van der Waals surface area contributed by atoms with E-state index in [2.05, 4.69) is 16.4 Å². The average molecular weight is 374 g/mol. The third-order valence-electron chi connectivity index (χ3n) is 4.26. The van der Waals surface area contributed by atoms with Gasteiger partial charge in [-0.15, -0.1) is 0 Å². The molecule has 27 heavy (non-hydrogen) atoms. The number of aryl methyl sites for hydroxylation is 2. The number of fused-ring (bicyclic) bond motifs is 1. The fourth-order valence-corrected chi connectivity index (χ4v) is 3.83. The number of anilines is 1. The van der Waals surface area contributed by atoms with Gasteiger partial charge in [-0.05, 0) is 43.2 Å². The van der Waals surface area contributed by atoms with Crippen molar-refractivity contribution in [3.63, 3.8) is 0 Å². The summed E-state index contributed by atoms with van der Waals surface area (Å²) in [6.07, 6.45) is 3.12. The van der Waals surface area contributed by atoms with Crippen LogP contribution in [0.3, 0.4) is 0 Å². The third kappa shape index (κ3) is 3.68. The molecule has 0 spiro atoms. The van der Waals surface area contributed by atoms with E-state index in [-0.39, 0.29) is 5.91 Å². The molecule has 0 aliphatic carbocycles. The Morgan fingerprint density at radius 2 is 1.81 bits per heavy atom. The van der Waals surface area contributed by atoms with Crippen LogP contribution in [0.1, 0.15) is 16.9 Å². The Kier molecular flexibility index (Phi) is 4.60. The first-order chi connectivity index (χ1) is 13.1. The number of hydrogen-bond donors (Lipinski definition) is 1. The zero-order valence-electron chi connectivity index (χ0n) is 15.0. The lowest BCUT2D eigenvalue weighted by molar-refractivity contribution is -0.111. The van der Waals surface area contributed by atoms with Gasteiger partial charge in [0.1, 0.15) is 11.5 Å². The summed E-state index contributed by atoms with van der Waals surface area (Å²) < 4.78 is 6.87. The van der Waals surface area contributed by atoms with Gasteiger partial charge in [-0.1, -0.05) is 53.8 Å². The molecule has 0 saturated carbocycles. The molecule has 2 heterocycles. The number of thiazole rings is 1. The van der Waals surface area contributed by atoms with Crippen LogP contribution in [0, 0.1) is 13.8 Å². The van der Waals surface area contributed by atoms with Crippen molar-refractivity contribution in [3.8, 4) is 11.3 Å². The minimum Gasteiger partial charge on any atom is -0.457 e. The molecule has 4 rings (SSSR count). The maximum absolute atomic E-state index is 12.2. The first kappa shape index (κ1) is 17.2. The first-order valence-corrected chi connectivity index (χ1v) is 9.43. The predicted molar refractivity (Wildman–Crippen MR) is 111 cm³/mol. The summed E-state index contributed by atoms with van der Waals surface area (Å²) in [7, 11) is 0. The molecule has 0 aliphatic rings. The van der Waals surface area contributed by atoms with Gasteiger partial charge in [-0.25, -0.2) is 4.98 Å². The smallest absolute Gasteiger partial charge is 0.250 e. The van der Waals surface area contributed by atoms with Gasteiger partial charge >= 0.3 is 0 Å². The second kappa shape index (κ2) is 7.21. The Bertz CT molecular complexity index is 1100. The molecule has 0 unspecified atom stereocenters. The second-order valence-electron chi connectivity index (χ2n) is 6.29. The molecule has 0 atom stereocenters. The van der Waals surface area contributed by atoms with E-state index in [9.17, 15) is 4.79 Å². The number of rotatable bonds is 4. The molecule has 134 valence electrons. The molecule has 0 saturated heterocycles. The Labute approximate surface area is 161 Å². The second-order valence-corrected chi connectivity index (χ2v) is 7.29. The van der Waals surface area contributed by atoms with Gasteiger partial charge in [0.15, 0.2) is 5.13 Å². The van der Waals surface area contributed by atoms with E-state index in [4.69, 9.17) is 4.42 Å². The van der Waals surface area contributed by atoms with Gasteiger partial charge in [0.2, 0.25) is 5.91 Å². The van der Waals surface area contributed by atoms with Crippen molar-refractivity contribution in [2.24, 2.45) is 0 Å². The molecule has 4 nitrogen and oxygen atoms in total. The largest absolute Gasteiger partial charge is 0.457 e. The Morgan fingerprint density at radius 1 is 1.04 bits per heavy atom. The number of furan rings is 1. The molecule has 1 N–H and O–H groups in total.